The fraction of sp³-hybridized carbons (Fsp3) is 0.120. The highest BCUT2D eigenvalue weighted by atomic mass is 16.5. The molecule has 0 saturated carbocycles. The highest BCUT2D eigenvalue weighted by Crippen LogP contribution is 2.30. The number of furan rings is 1. The van der Waals surface area contributed by atoms with Crippen molar-refractivity contribution in [3.8, 4) is 11.5 Å². The number of anilines is 1. The number of carbonyl (C=O) groups excluding carboxylic acids is 2. The highest BCUT2D eigenvalue weighted by Gasteiger charge is 2.20. The van der Waals surface area contributed by atoms with Gasteiger partial charge in [0.2, 0.25) is 5.78 Å². The molecule has 3 aromatic carbocycles. The minimum Gasteiger partial charge on any atom is -0.497 e. The van der Waals surface area contributed by atoms with Crippen LogP contribution in [-0.2, 0) is 0 Å². The lowest BCUT2D eigenvalue weighted by atomic mass is 10.0. The molecule has 0 aliphatic carbocycles. The third-order valence-corrected chi connectivity index (χ3v) is 5.08. The SMILES string of the molecule is COc1cccc(C(=O)c2oc3ccc(NC(=O)c4ccccc4OC)cc3c2C)c1. The normalized spacial score (nSPS) is 10.7. The van der Waals surface area contributed by atoms with Gasteiger partial charge >= 0.3 is 0 Å². The molecule has 1 aromatic heterocycles. The molecule has 1 heterocycles. The summed E-state index contributed by atoms with van der Waals surface area (Å²) in [6.07, 6.45) is 0. The van der Waals surface area contributed by atoms with E-state index in [4.69, 9.17) is 13.9 Å². The molecule has 1 amide bonds. The number of ketones is 1. The molecule has 0 aliphatic rings. The zero-order valence-electron chi connectivity index (χ0n) is 17.4. The summed E-state index contributed by atoms with van der Waals surface area (Å²) in [6, 6.07) is 19.2. The second kappa shape index (κ2) is 8.36. The smallest absolute Gasteiger partial charge is 0.259 e. The monoisotopic (exact) mass is 415 g/mol. The molecule has 0 aliphatic heterocycles. The van der Waals surface area contributed by atoms with Crippen LogP contribution in [0.15, 0.2) is 71.1 Å². The van der Waals surface area contributed by atoms with Gasteiger partial charge in [-0.1, -0.05) is 24.3 Å². The second-order valence-corrected chi connectivity index (χ2v) is 6.98. The Kier molecular flexibility index (Phi) is 5.45. The van der Waals surface area contributed by atoms with Crippen molar-refractivity contribution in [3.63, 3.8) is 0 Å². The van der Waals surface area contributed by atoms with Gasteiger partial charge in [-0.05, 0) is 49.4 Å². The van der Waals surface area contributed by atoms with E-state index < -0.39 is 0 Å². The van der Waals surface area contributed by atoms with Crippen molar-refractivity contribution in [2.45, 2.75) is 6.92 Å². The quantitative estimate of drug-likeness (QED) is 0.436. The molecule has 0 radical (unpaired) electrons. The molecule has 31 heavy (non-hydrogen) atoms. The molecule has 0 bridgehead atoms. The van der Waals surface area contributed by atoms with Crippen molar-refractivity contribution < 1.29 is 23.5 Å². The number of para-hydroxylation sites is 1. The van der Waals surface area contributed by atoms with Gasteiger partial charge in [0, 0.05) is 22.2 Å². The summed E-state index contributed by atoms with van der Waals surface area (Å²) in [4.78, 5) is 25.7. The first-order chi connectivity index (χ1) is 15.0. The predicted octanol–water partition coefficient (Wildman–Crippen LogP) is 5.24. The van der Waals surface area contributed by atoms with Crippen molar-refractivity contribution in [2.24, 2.45) is 0 Å². The van der Waals surface area contributed by atoms with Crippen LogP contribution in [0.5, 0.6) is 11.5 Å². The van der Waals surface area contributed by atoms with Gasteiger partial charge in [0.15, 0.2) is 5.76 Å². The first kappa shape index (κ1) is 20.2. The minimum atomic E-state index is -0.286. The predicted molar refractivity (Wildman–Crippen MR) is 118 cm³/mol. The zero-order valence-corrected chi connectivity index (χ0v) is 17.4. The van der Waals surface area contributed by atoms with Crippen molar-refractivity contribution in [1.29, 1.82) is 0 Å². The van der Waals surface area contributed by atoms with Gasteiger partial charge in [0.1, 0.15) is 17.1 Å². The molecule has 0 spiro atoms. The Labute approximate surface area is 179 Å². The summed E-state index contributed by atoms with van der Waals surface area (Å²) in [6.45, 7) is 1.82. The van der Waals surface area contributed by atoms with Crippen LogP contribution in [0, 0.1) is 6.92 Å². The largest absolute Gasteiger partial charge is 0.497 e. The third kappa shape index (κ3) is 3.88. The number of nitrogens with one attached hydrogen (secondary N) is 1. The van der Waals surface area contributed by atoms with Gasteiger partial charge in [-0.25, -0.2) is 0 Å². The number of benzene rings is 3. The molecule has 0 atom stereocenters. The van der Waals surface area contributed by atoms with Gasteiger partial charge < -0.3 is 19.2 Å². The molecule has 0 saturated heterocycles. The summed E-state index contributed by atoms with van der Waals surface area (Å²) in [5, 5.41) is 3.63. The summed E-state index contributed by atoms with van der Waals surface area (Å²) in [5.74, 6) is 0.835. The fourth-order valence-electron chi connectivity index (χ4n) is 3.44. The van der Waals surface area contributed by atoms with Crippen LogP contribution in [0.3, 0.4) is 0 Å². The average molecular weight is 415 g/mol. The molecule has 1 N–H and O–H groups in total. The van der Waals surface area contributed by atoms with Crippen LogP contribution in [0.4, 0.5) is 5.69 Å². The molecule has 4 aromatic rings. The highest BCUT2D eigenvalue weighted by molar-refractivity contribution is 6.11. The number of hydrogen-bond donors (Lipinski definition) is 1. The van der Waals surface area contributed by atoms with E-state index >= 15 is 0 Å². The fourth-order valence-corrected chi connectivity index (χ4v) is 3.44. The van der Waals surface area contributed by atoms with Crippen molar-refractivity contribution >= 4 is 28.3 Å². The van der Waals surface area contributed by atoms with E-state index in [2.05, 4.69) is 5.32 Å². The van der Waals surface area contributed by atoms with E-state index in [-0.39, 0.29) is 17.5 Å². The number of carbonyl (C=O) groups is 2. The first-order valence-electron chi connectivity index (χ1n) is 9.68. The Bertz CT molecular complexity index is 1290. The maximum atomic E-state index is 13.0. The summed E-state index contributed by atoms with van der Waals surface area (Å²) in [5.41, 5.74) is 2.78. The van der Waals surface area contributed by atoms with Crippen LogP contribution in [0.2, 0.25) is 0 Å². The van der Waals surface area contributed by atoms with Gasteiger partial charge in [0.25, 0.3) is 5.91 Å². The number of rotatable bonds is 6. The Morgan fingerprint density at radius 1 is 0.903 bits per heavy atom. The zero-order chi connectivity index (χ0) is 22.0. The van der Waals surface area contributed by atoms with E-state index in [0.717, 1.165) is 5.39 Å². The van der Waals surface area contributed by atoms with E-state index in [1.54, 1.807) is 73.8 Å². The lowest BCUT2D eigenvalue weighted by Gasteiger charge is -2.09. The standard InChI is InChI=1S/C25H21NO5/c1-15-20-14-17(26-25(28)19-9-4-5-10-21(19)30-3)11-12-22(20)31-24(15)23(27)16-7-6-8-18(13-16)29-2/h4-14H,1-3H3,(H,26,28). The van der Waals surface area contributed by atoms with Crippen LogP contribution in [0.25, 0.3) is 11.0 Å². The number of hydrogen-bond acceptors (Lipinski definition) is 5. The van der Waals surface area contributed by atoms with Crippen LogP contribution in [-0.4, -0.2) is 25.9 Å². The molecule has 0 unspecified atom stereocenters. The number of aryl methyl sites for hydroxylation is 1. The Hall–Kier alpha value is -4.06. The van der Waals surface area contributed by atoms with Crippen LogP contribution in [0.1, 0.15) is 32.0 Å². The minimum absolute atomic E-state index is 0.229. The summed E-state index contributed by atoms with van der Waals surface area (Å²) in [7, 11) is 3.07. The molecular weight excluding hydrogens is 394 g/mol. The Balaban J connectivity index is 1.65. The molecular formula is C25H21NO5. The van der Waals surface area contributed by atoms with E-state index in [9.17, 15) is 9.59 Å². The van der Waals surface area contributed by atoms with E-state index in [1.807, 2.05) is 6.92 Å². The number of ether oxygens (including phenoxy) is 2. The van der Waals surface area contributed by atoms with Crippen molar-refractivity contribution in [3.05, 3.63) is 89.2 Å². The number of methoxy groups -OCH3 is 2. The summed E-state index contributed by atoms with van der Waals surface area (Å²) >= 11 is 0. The van der Waals surface area contributed by atoms with E-state index in [1.165, 1.54) is 7.11 Å². The van der Waals surface area contributed by atoms with Crippen molar-refractivity contribution in [1.82, 2.24) is 0 Å². The van der Waals surface area contributed by atoms with Gasteiger partial charge in [-0.3, -0.25) is 9.59 Å². The molecule has 4 rings (SSSR count). The topological polar surface area (TPSA) is 77.8 Å². The van der Waals surface area contributed by atoms with Gasteiger partial charge in [0.05, 0.1) is 19.8 Å². The average Bonchev–Trinajstić information content (AvgIpc) is 3.14. The van der Waals surface area contributed by atoms with Gasteiger partial charge in [-0.2, -0.15) is 0 Å². The van der Waals surface area contributed by atoms with E-state index in [0.29, 0.717) is 39.5 Å². The molecule has 0 fully saturated rings. The molecule has 156 valence electrons. The molecule has 6 nitrogen and oxygen atoms in total. The number of fused-ring (bicyclic) bond motifs is 1. The number of amides is 1. The Morgan fingerprint density at radius 3 is 2.48 bits per heavy atom. The van der Waals surface area contributed by atoms with Crippen LogP contribution >= 0.6 is 0 Å². The summed E-state index contributed by atoms with van der Waals surface area (Å²) < 4.78 is 16.3. The second-order valence-electron chi connectivity index (χ2n) is 6.98. The van der Waals surface area contributed by atoms with Crippen LogP contribution < -0.4 is 14.8 Å². The lowest BCUT2D eigenvalue weighted by Crippen LogP contribution is -2.13. The maximum Gasteiger partial charge on any atom is 0.259 e. The van der Waals surface area contributed by atoms with Gasteiger partial charge in [-0.15, -0.1) is 0 Å². The first-order valence-corrected chi connectivity index (χ1v) is 9.68. The molecule has 6 heteroatoms. The van der Waals surface area contributed by atoms with Crippen molar-refractivity contribution in [2.75, 3.05) is 19.5 Å². The lowest BCUT2D eigenvalue weighted by molar-refractivity contribution is 0.101. The third-order valence-electron chi connectivity index (χ3n) is 5.08. The Morgan fingerprint density at radius 2 is 1.71 bits per heavy atom. The maximum absolute atomic E-state index is 13.0.